The van der Waals surface area contributed by atoms with Crippen LogP contribution in [0.25, 0.3) is 0 Å². The van der Waals surface area contributed by atoms with E-state index in [1.807, 2.05) is 0 Å². The van der Waals surface area contributed by atoms with E-state index >= 15 is 0 Å². The molecule has 0 amide bonds. The van der Waals surface area contributed by atoms with Crippen LogP contribution in [0.5, 0.6) is 5.75 Å². The monoisotopic (exact) mass is 297 g/mol. The number of ether oxygens (including phenoxy) is 1. The highest BCUT2D eigenvalue weighted by molar-refractivity contribution is 6.67. The van der Waals surface area contributed by atoms with Crippen molar-refractivity contribution in [3.05, 3.63) is 29.8 Å². The van der Waals surface area contributed by atoms with Crippen LogP contribution in [-0.2, 0) is 0 Å². The minimum absolute atomic E-state index is 0.441. The molecule has 0 aromatic heterocycles. The van der Waals surface area contributed by atoms with Gasteiger partial charge >= 0.3 is 0 Å². The van der Waals surface area contributed by atoms with Gasteiger partial charge in [0.1, 0.15) is 12.5 Å². The molecule has 0 aliphatic heterocycles. The summed E-state index contributed by atoms with van der Waals surface area (Å²) in [5, 5.41) is -0.441. The molecule has 0 bridgehead atoms. The Bertz CT molecular complexity index is 384. The molecule has 0 fully saturated rings. The molecule has 1 rings (SSSR count). The first-order valence-electron chi connectivity index (χ1n) is 7.32. The number of hydrogen-bond acceptors (Lipinski definition) is 3. The number of benzene rings is 1. The average Bonchev–Trinajstić information content (AvgIpc) is 2.47. The first kappa shape index (κ1) is 17.0. The molecule has 0 saturated heterocycles. The third kappa shape index (κ3) is 6.40. The van der Waals surface area contributed by atoms with Crippen molar-refractivity contribution in [3.8, 4) is 5.75 Å². The number of hydrogen-bond donors (Lipinski definition) is 0. The smallest absolute Gasteiger partial charge is 0.252 e. The summed E-state index contributed by atoms with van der Waals surface area (Å²) in [6, 6.07) is 6.95. The van der Waals surface area contributed by atoms with Gasteiger partial charge in [-0.3, -0.25) is 9.69 Å². The summed E-state index contributed by atoms with van der Waals surface area (Å²) in [6.45, 7) is 7.11. The fraction of sp³-hybridized carbons (Fsp3) is 0.562. The lowest BCUT2D eigenvalue weighted by molar-refractivity contribution is 0.108. The molecule has 1 aromatic carbocycles. The van der Waals surface area contributed by atoms with Crippen molar-refractivity contribution >= 4 is 16.8 Å². The fourth-order valence-corrected chi connectivity index (χ4v) is 1.98. The van der Waals surface area contributed by atoms with Crippen molar-refractivity contribution < 1.29 is 9.53 Å². The second-order valence-corrected chi connectivity index (χ2v) is 5.24. The number of unbranched alkanes of at least 4 members (excludes halogenated alkanes) is 2. The maximum atomic E-state index is 11.0. The van der Waals surface area contributed by atoms with Gasteiger partial charge in [-0.2, -0.15) is 0 Å². The van der Waals surface area contributed by atoms with Crippen LogP contribution in [0.2, 0.25) is 0 Å². The number of rotatable bonds is 10. The van der Waals surface area contributed by atoms with Gasteiger partial charge in [0.2, 0.25) is 0 Å². The van der Waals surface area contributed by atoms with Crippen molar-refractivity contribution in [2.75, 3.05) is 19.8 Å². The average molecular weight is 298 g/mol. The molecule has 112 valence electrons. The van der Waals surface area contributed by atoms with Crippen LogP contribution < -0.4 is 4.74 Å². The summed E-state index contributed by atoms with van der Waals surface area (Å²) in [5.74, 6) is 0.768. The van der Waals surface area contributed by atoms with E-state index < -0.39 is 5.24 Å². The van der Waals surface area contributed by atoms with Crippen LogP contribution in [0.4, 0.5) is 0 Å². The second-order valence-electron chi connectivity index (χ2n) is 4.90. The zero-order chi connectivity index (χ0) is 14.8. The molecule has 0 aliphatic rings. The molecule has 20 heavy (non-hydrogen) atoms. The highest BCUT2D eigenvalue weighted by Crippen LogP contribution is 2.14. The van der Waals surface area contributed by atoms with Gasteiger partial charge < -0.3 is 4.74 Å². The predicted molar refractivity (Wildman–Crippen MR) is 83.5 cm³/mol. The molecule has 0 spiro atoms. The highest BCUT2D eigenvalue weighted by atomic mass is 35.5. The Morgan fingerprint density at radius 1 is 1.10 bits per heavy atom. The van der Waals surface area contributed by atoms with Crippen LogP contribution in [0.15, 0.2) is 24.3 Å². The predicted octanol–water partition coefficient (Wildman–Crippen LogP) is 4.30. The summed E-state index contributed by atoms with van der Waals surface area (Å²) in [5.41, 5.74) is 0.493. The number of halogens is 1. The minimum Gasteiger partial charge on any atom is -0.478 e. The van der Waals surface area contributed by atoms with E-state index in [1.54, 1.807) is 24.3 Å². The van der Waals surface area contributed by atoms with Gasteiger partial charge in [0.25, 0.3) is 5.24 Å². The topological polar surface area (TPSA) is 29.5 Å². The van der Waals surface area contributed by atoms with Crippen molar-refractivity contribution in [2.45, 2.75) is 39.5 Å². The van der Waals surface area contributed by atoms with Crippen LogP contribution in [0.3, 0.4) is 0 Å². The Hall–Kier alpha value is -1.06. The van der Waals surface area contributed by atoms with Crippen LogP contribution in [0, 0.1) is 0 Å². The maximum absolute atomic E-state index is 11.0. The van der Waals surface area contributed by atoms with Gasteiger partial charge in [-0.25, -0.2) is 0 Å². The molecule has 1 aromatic rings. The molecule has 0 aliphatic carbocycles. The lowest BCUT2D eigenvalue weighted by Gasteiger charge is -2.22. The van der Waals surface area contributed by atoms with Crippen LogP contribution >= 0.6 is 11.6 Å². The first-order valence-corrected chi connectivity index (χ1v) is 7.70. The third-order valence-electron chi connectivity index (χ3n) is 3.15. The summed E-state index contributed by atoms with van der Waals surface area (Å²) < 4.78 is 5.77. The van der Waals surface area contributed by atoms with Gasteiger partial charge in [0.05, 0.1) is 0 Å². The van der Waals surface area contributed by atoms with Gasteiger partial charge in [-0.15, -0.1) is 0 Å². The molecule has 0 saturated carbocycles. The third-order valence-corrected chi connectivity index (χ3v) is 3.37. The quantitative estimate of drug-likeness (QED) is 0.476. The summed E-state index contributed by atoms with van der Waals surface area (Å²) in [6.07, 6.45) is 4.75. The Morgan fingerprint density at radius 2 is 1.65 bits per heavy atom. The molecular weight excluding hydrogens is 274 g/mol. The first-order chi connectivity index (χ1) is 9.67. The summed E-state index contributed by atoms with van der Waals surface area (Å²) >= 11 is 5.41. The molecule has 4 heteroatoms. The zero-order valence-electron chi connectivity index (χ0n) is 12.4. The zero-order valence-corrected chi connectivity index (χ0v) is 13.2. The lowest BCUT2D eigenvalue weighted by atomic mass is 10.2. The van der Waals surface area contributed by atoms with Crippen molar-refractivity contribution in [3.63, 3.8) is 0 Å². The van der Waals surface area contributed by atoms with Crippen LogP contribution in [0.1, 0.15) is 49.9 Å². The van der Waals surface area contributed by atoms with Gasteiger partial charge in [0, 0.05) is 18.7 Å². The molecular formula is C16H24ClNO2. The SMILES string of the molecule is CCCCN(CCCC)COc1ccc(C(=O)Cl)cc1. The number of carbonyl (C=O) groups excluding carboxylic acids is 1. The van der Waals surface area contributed by atoms with Crippen molar-refractivity contribution in [2.24, 2.45) is 0 Å². The van der Waals surface area contributed by atoms with E-state index in [9.17, 15) is 4.79 Å². The largest absolute Gasteiger partial charge is 0.478 e. The highest BCUT2D eigenvalue weighted by Gasteiger charge is 2.06. The van der Waals surface area contributed by atoms with Gasteiger partial charge in [0.15, 0.2) is 0 Å². The minimum atomic E-state index is -0.441. The second kappa shape index (κ2) is 9.78. The Balaban J connectivity index is 2.46. The summed E-state index contributed by atoms with van der Waals surface area (Å²) in [4.78, 5) is 13.3. The normalized spacial score (nSPS) is 10.8. The van der Waals surface area contributed by atoms with E-state index in [1.165, 1.54) is 25.7 Å². The van der Waals surface area contributed by atoms with Crippen LogP contribution in [-0.4, -0.2) is 30.0 Å². The molecule has 0 atom stereocenters. The number of carbonyl (C=O) groups is 1. The van der Waals surface area contributed by atoms with Gasteiger partial charge in [-0.05, 0) is 48.7 Å². The Labute approximate surface area is 126 Å². The van der Waals surface area contributed by atoms with E-state index in [4.69, 9.17) is 16.3 Å². The lowest BCUT2D eigenvalue weighted by Crippen LogP contribution is -2.30. The van der Waals surface area contributed by atoms with E-state index in [0.717, 1.165) is 18.8 Å². The molecule has 0 unspecified atom stereocenters. The van der Waals surface area contributed by atoms with Crippen molar-refractivity contribution in [1.29, 1.82) is 0 Å². The standard InChI is InChI=1S/C16H24ClNO2/c1-3-5-11-18(12-6-4-2)13-20-15-9-7-14(8-10-15)16(17)19/h7-10H,3-6,11-13H2,1-2H3. The van der Waals surface area contributed by atoms with E-state index in [-0.39, 0.29) is 0 Å². The Morgan fingerprint density at radius 3 is 2.10 bits per heavy atom. The summed E-state index contributed by atoms with van der Waals surface area (Å²) in [7, 11) is 0. The fourth-order valence-electron chi connectivity index (χ4n) is 1.85. The van der Waals surface area contributed by atoms with Gasteiger partial charge in [-0.1, -0.05) is 26.7 Å². The molecule has 0 N–H and O–H groups in total. The molecule has 3 nitrogen and oxygen atoms in total. The maximum Gasteiger partial charge on any atom is 0.252 e. The van der Waals surface area contributed by atoms with E-state index in [2.05, 4.69) is 18.7 Å². The Kier molecular flexibility index (Phi) is 8.31. The number of nitrogens with zero attached hydrogens (tertiary/aromatic N) is 1. The van der Waals surface area contributed by atoms with E-state index in [0.29, 0.717) is 12.3 Å². The van der Waals surface area contributed by atoms with Crippen molar-refractivity contribution in [1.82, 2.24) is 4.90 Å². The molecule has 0 radical (unpaired) electrons. The molecule has 0 heterocycles.